The number of benzene rings is 2. The van der Waals surface area contributed by atoms with Crippen LogP contribution < -0.4 is 14.8 Å². The molecule has 7 heteroatoms. The Morgan fingerprint density at radius 2 is 1.93 bits per heavy atom. The van der Waals surface area contributed by atoms with Gasteiger partial charge in [0.15, 0.2) is 11.5 Å². The standard InChI is InChI=1S/C23H27N3O4/c1-15-4-6-17(23(28)26-9-8-18(13-26)25(2)3)12-19(15)24-22(27)11-16-5-7-20-21(10-16)30-14-29-20/h4-7,10,12,18H,8-9,11,13-14H2,1-3H3,(H,24,27). The molecule has 1 unspecified atom stereocenters. The van der Waals surface area contributed by atoms with Crippen molar-refractivity contribution < 1.29 is 19.1 Å². The molecule has 0 aliphatic carbocycles. The SMILES string of the molecule is Cc1ccc(C(=O)N2CCC(N(C)C)C2)cc1NC(=O)Cc1ccc2c(c1)OCO2. The first-order chi connectivity index (χ1) is 14.4. The normalized spacial score (nSPS) is 17.5. The molecule has 30 heavy (non-hydrogen) atoms. The van der Waals surface area contributed by atoms with E-state index in [0.29, 0.717) is 28.8 Å². The van der Waals surface area contributed by atoms with Gasteiger partial charge in [-0.05, 0) is 62.8 Å². The lowest BCUT2D eigenvalue weighted by Crippen LogP contribution is -2.34. The van der Waals surface area contributed by atoms with E-state index >= 15 is 0 Å². The van der Waals surface area contributed by atoms with Gasteiger partial charge in [0.2, 0.25) is 12.7 Å². The van der Waals surface area contributed by atoms with Gasteiger partial charge in [0.05, 0.1) is 6.42 Å². The van der Waals surface area contributed by atoms with Crippen molar-refractivity contribution in [2.45, 2.75) is 25.8 Å². The lowest BCUT2D eigenvalue weighted by Gasteiger charge is -2.21. The van der Waals surface area contributed by atoms with Crippen molar-refractivity contribution in [3.05, 3.63) is 53.1 Å². The number of amides is 2. The van der Waals surface area contributed by atoms with E-state index in [2.05, 4.69) is 10.2 Å². The highest BCUT2D eigenvalue weighted by atomic mass is 16.7. The van der Waals surface area contributed by atoms with Crippen LogP contribution in [0.25, 0.3) is 0 Å². The number of aryl methyl sites for hydroxylation is 1. The molecule has 1 atom stereocenters. The van der Waals surface area contributed by atoms with Crippen LogP contribution in [0, 0.1) is 6.92 Å². The molecule has 0 spiro atoms. The van der Waals surface area contributed by atoms with Crippen molar-refractivity contribution in [3.8, 4) is 11.5 Å². The summed E-state index contributed by atoms with van der Waals surface area (Å²) in [7, 11) is 4.08. The van der Waals surface area contributed by atoms with Gasteiger partial charge in [0.25, 0.3) is 5.91 Å². The first-order valence-electron chi connectivity index (χ1n) is 10.2. The van der Waals surface area contributed by atoms with Crippen molar-refractivity contribution in [1.29, 1.82) is 0 Å². The summed E-state index contributed by atoms with van der Waals surface area (Å²) >= 11 is 0. The third kappa shape index (κ3) is 4.26. The third-order valence-electron chi connectivity index (χ3n) is 5.74. The van der Waals surface area contributed by atoms with Crippen LogP contribution in [0.4, 0.5) is 5.69 Å². The quantitative estimate of drug-likeness (QED) is 0.822. The maximum absolute atomic E-state index is 12.9. The van der Waals surface area contributed by atoms with Crippen LogP contribution in [-0.2, 0) is 11.2 Å². The summed E-state index contributed by atoms with van der Waals surface area (Å²) < 4.78 is 10.7. The maximum Gasteiger partial charge on any atom is 0.253 e. The fraction of sp³-hybridized carbons (Fsp3) is 0.391. The van der Waals surface area contributed by atoms with Crippen molar-refractivity contribution in [3.63, 3.8) is 0 Å². The number of anilines is 1. The summed E-state index contributed by atoms with van der Waals surface area (Å²) in [5, 5.41) is 2.95. The number of likely N-dealkylation sites (tertiary alicyclic amines) is 1. The van der Waals surface area contributed by atoms with Crippen LogP contribution in [0.1, 0.15) is 27.9 Å². The number of rotatable bonds is 5. The smallest absolute Gasteiger partial charge is 0.253 e. The van der Waals surface area contributed by atoms with Crippen LogP contribution in [0.5, 0.6) is 11.5 Å². The molecule has 158 valence electrons. The number of carbonyl (C=O) groups is 2. The fourth-order valence-corrected chi connectivity index (χ4v) is 3.85. The summed E-state index contributed by atoms with van der Waals surface area (Å²) in [5.74, 6) is 1.21. The van der Waals surface area contributed by atoms with Crippen LogP contribution in [0.3, 0.4) is 0 Å². The van der Waals surface area contributed by atoms with Gasteiger partial charge in [-0.2, -0.15) is 0 Å². The van der Waals surface area contributed by atoms with E-state index in [-0.39, 0.29) is 25.0 Å². The molecular weight excluding hydrogens is 382 g/mol. The number of fused-ring (bicyclic) bond motifs is 1. The molecule has 0 aromatic heterocycles. The summed E-state index contributed by atoms with van der Waals surface area (Å²) in [5.41, 5.74) is 3.01. The molecular formula is C23H27N3O4. The van der Waals surface area contributed by atoms with Gasteiger partial charge in [-0.1, -0.05) is 12.1 Å². The molecule has 2 heterocycles. The van der Waals surface area contributed by atoms with Gasteiger partial charge >= 0.3 is 0 Å². The van der Waals surface area contributed by atoms with Gasteiger partial charge in [-0.15, -0.1) is 0 Å². The first kappa shape index (κ1) is 20.2. The molecule has 0 radical (unpaired) electrons. The number of carbonyl (C=O) groups excluding carboxylic acids is 2. The Hall–Kier alpha value is -3.06. The van der Waals surface area contributed by atoms with Crippen LogP contribution in [0.2, 0.25) is 0 Å². The summed E-state index contributed by atoms with van der Waals surface area (Å²) in [6.07, 6.45) is 1.19. The van der Waals surface area contributed by atoms with Crippen LogP contribution in [0.15, 0.2) is 36.4 Å². The maximum atomic E-state index is 12.9. The number of nitrogens with one attached hydrogen (secondary N) is 1. The van der Waals surface area contributed by atoms with Crippen molar-refractivity contribution in [1.82, 2.24) is 9.80 Å². The number of hydrogen-bond acceptors (Lipinski definition) is 5. The van der Waals surface area contributed by atoms with Crippen molar-refractivity contribution in [2.75, 3.05) is 39.3 Å². The molecule has 2 amide bonds. The minimum atomic E-state index is -0.143. The second-order valence-corrected chi connectivity index (χ2v) is 8.10. The van der Waals surface area contributed by atoms with Gasteiger partial charge in [0, 0.05) is 30.4 Å². The van der Waals surface area contributed by atoms with E-state index in [1.165, 1.54) is 0 Å². The van der Waals surface area contributed by atoms with Crippen LogP contribution >= 0.6 is 0 Å². The number of likely N-dealkylation sites (N-methyl/N-ethyl adjacent to an activating group) is 1. The Kier molecular flexibility index (Phi) is 5.63. The lowest BCUT2D eigenvalue weighted by atomic mass is 10.1. The topological polar surface area (TPSA) is 71.1 Å². The molecule has 1 saturated heterocycles. The second kappa shape index (κ2) is 8.36. The van der Waals surface area contributed by atoms with Crippen molar-refractivity contribution in [2.24, 2.45) is 0 Å². The largest absolute Gasteiger partial charge is 0.454 e. The molecule has 4 rings (SSSR count). The molecule has 2 aromatic rings. The number of nitrogens with zero attached hydrogens (tertiary/aromatic N) is 2. The van der Waals surface area contributed by atoms with E-state index < -0.39 is 0 Å². The predicted octanol–water partition coefficient (Wildman–Crippen LogP) is 2.68. The highest BCUT2D eigenvalue weighted by Crippen LogP contribution is 2.32. The second-order valence-electron chi connectivity index (χ2n) is 8.10. The lowest BCUT2D eigenvalue weighted by molar-refractivity contribution is -0.115. The number of hydrogen-bond donors (Lipinski definition) is 1. The molecule has 1 fully saturated rings. The van der Waals surface area contributed by atoms with E-state index in [0.717, 1.165) is 30.6 Å². The Balaban J connectivity index is 1.43. The fourth-order valence-electron chi connectivity index (χ4n) is 3.85. The van der Waals surface area contributed by atoms with Gasteiger partial charge in [-0.3, -0.25) is 9.59 Å². The number of ether oxygens (including phenoxy) is 2. The third-order valence-corrected chi connectivity index (χ3v) is 5.74. The minimum Gasteiger partial charge on any atom is -0.454 e. The summed E-state index contributed by atoms with van der Waals surface area (Å²) in [4.78, 5) is 29.6. The molecule has 7 nitrogen and oxygen atoms in total. The zero-order valence-corrected chi connectivity index (χ0v) is 17.6. The highest BCUT2D eigenvalue weighted by Gasteiger charge is 2.28. The van der Waals surface area contributed by atoms with Crippen molar-refractivity contribution >= 4 is 17.5 Å². The minimum absolute atomic E-state index is 0.00520. The van der Waals surface area contributed by atoms with Gasteiger partial charge in [-0.25, -0.2) is 0 Å². The van der Waals surface area contributed by atoms with E-state index in [1.54, 1.807) is 6.07 Å². The predicted molar refractivity (Wildman–Crippen MR) is 114 cm³/mol. The summed E-state index contributed by atoms with van der Waals surface area (Å²) in [6, 6.07) is 11.4. The average Bonchev–Trinajstić information content (AvgIpc) is 3.38. The Morgan fingerprint density at radius 3 is 2.70 bits per heavy atom. The Labute approximate surface area is 176 Å². The zero-order chi connectivity index (χ0) is 21.3. The van der Waals surface area contributed by atoms with Gasteiger partial charge in [0.1, 0.15) is 0 Å². The molecule has 1 N–H and O–H groups in total. The molecule has 0 saturated carbocycles. The average molecular weight is 409 g/mol. The van der Waals surface area contributed by atoms with E-state index in [4.69, 9.17) is 9.47 Å². The van der Waals surface area contributed by atoms with Crippen LogP contribution in [-0.4, -0.2) is 61.6 Å². The highest BCUT2D eigenvalue weighted by molar-refractivity contribution is 5.98. The molecule has 2 aromatic carbocycles. The first-order valence-corrected chi connectivity index (χ1v) is 10.2. The van der Waals surface area contributed by atoms with E-state index in [9.17, 15) is 9.59 Å². The van der Waals surface area contributed by atoms with Gasteiger partial charge < -0.3 is 24.6 Å². The molecule has 0 bridgehead atoms. The summed E-state index contributed by atoms with van der Waals surface area (Å²) in [6.45, 7) is 3.60. The monoisotopic (exact) mass is 409 g/mol. The Morgan fingerprint density at radius 1 is 1.13 bits per heavy atom. The molecule has 2 aliphatic heterocycles. The Bertz CT molecular complexity index is 973. The molecule has 2 aliphatic rings. The zero-order valence-electron chi connectivity index (χ0n) is 17.6. The van der Waals surface area contributed by atoms with E-state index in [1.807, 2.05) is 56.3 Å².